The van der Waals surface area contributed by atoms with Crippen LogP contribution in [0.1, 0.15) is 38.1 Å². The van der Waals surface area contributed by atoms with Crippen molar-refractivity contribution < 1.29 is 9.53 Å². The molecule has 1 amide bonds. The van der Waals surface area contributed by atoms with Gasteiger partial charge in [0.15, 0.2) is 0 Å². The first-order chi connectivity index (χ1) is 10.3. The zero-order valence-corrected chi connectivity index (χ0v) is 13.7. The van der Waals surface area contributed by atoms with E-state index < -0.39 is 0 Å². The highest BCUT2D eigenvalue weighted by Crippen LogP contribution is 2.20. The summed E-state index contributed by atoms with van der Waals surface area (Å²) >= 11 is 0. The molecule has 22 heavy (non-hydrogen) atoms. The first-order valence-electron chi connectivity index (χ1n) is 7.66. The van der Waals surface area contributed by atoms with Gasteiger partial charge in [0.1, 0.15) is 5.56 Å². The highest BCUT2D eigenvalue weighted by atomic mass is 16.5. The minimum absolute atomic E-state index is 0.141. The van der Waals surface area contributed by atoms with Crippen molar-refractivity contribution in [1.82, 2.24) is 15.2 Å². The lowest BCUT2D eigenvalue weighted by atomic mass is 10.00. The smallest absolute Gasteiger partial charge is 0.260 e. The van der Waals surface area contributed by atoms with Crippen molar-refractivity contribution in [2.75, 3.05) is 19.6 Å². The van der Waals surface area contributed by atoms with Gasteiger partial charge in [0.2, 0.25) is 0 Å². The van der Waals surface area contributed by atoms with E-state index in [0.29, 0.717) is 6.54 Å². The van der Waals surface area contributed by atoms with Crippen LogP contribution in [-0.2, 0) is 4.74 Å². The zero-order valence-electron chi connectivity index (χ0n) is 13.7. The molecule has 0 aromatic carbocycles. The Morgan fingerprint density at radius 1 is 1.41 bits per heavy atom. The van der Waals surface area contributed by atoms with E-state index in [4.69, 9.17) is 4.74 Å². The maximum absolute atomic E-state index is 12.1. The van der Waals surface area contributed by atoms with Gasteiger partial charge in [-0.25, -0.2) is 0 Å². The third-order valence-electron chi connectivity index (χ3n) is 4.02. The summed E-state index contributed by atoms with van der Waals surface area (Å²) in [6, 6.07) is 3.17. The predicted molar refractivity (Wildman–Crippen MR) is 85.1 cm³/mol. The van der Waals surface area contributed by atoms with Gasteiger partial charge in [-0.1, -0.05) is 0 Å². The molecule has 0 radical (unpaired) electrons. The Morgan fingerprint density at radius 2 is 2.05 bits per heavy atom. The van der Waals surface area contributed by atoms with Gasteiger partial charge >= 0.3 is 0 Å². The molecule has 1 aromatic heterocycles. The second kappa shape index (κ2) is 6.62. The standard InChI is InChI=1S/C16H25N3O3/c1-11-8-19(9-12(2)22-11)16(3,4)10-18-15(21)13-6-5-7-17-14(13)20/h5-7,11-12H,8-10H2,1-4H3,(H,17,20)(H,18,21)/t11-,12-/m1/s1. The van der Waals surface area contributed by atoms with Crippen LogP contribution in [0.5, 0.6) is 0 Å². The van der Waals surface area contributed by atoms with Crippen LogP contribution in [0.15, 0.2) is 23.1 Å². The van der Waals surface area contributed by atoms with E-state index in [2.05, 4.69) is 42.9 Å². The van der Waals surface area contributed by atoms with Gasteiger partial charge in [-0.2, -0.15) is 0 Å². The number of morpholine rings is 1. The summed E-state index contributed by atoms with van der Waals surface area (Å²) in [4.78, 5) is 28.6. The highest BCUT2D eigenvalue weighted by molar-refractivity contribution is 5.93. The van der Waals surface area contributed by atoms with Crippen LogP contribution in [0.25, 0.3) is 0 Å². The van der Waals surface area contributed by atoms with Crippen LogP contribution in [0, 0.1) is 0 Å². The van der Waals surface area contributed by atoms with Gasteiger partial charge in [-0.15, -0.1) is 0 Å². The molecule has 0 aliphatic carbocycles. The summed E-state index contributed by atoms with van der Waals surface area (Å²) < 4.78 is 5.75. The molecule has 2 heterocycles. The van der Waals surface area contributed by atoms with Gasteiger partial charge in [-0.05, 0) is 39.8 Å². The second-order valence-electron chi connectivity index (χ2n) is 6.57. The van der Waals surface area contributed by atoms with Crippen molar-refractivity contribution in [1.29, 1.82) is 0 Å². The van der Waals surface area contributed by atoms with E-state index in [9.17, 15) is 9.59 Å². The Hall–Kier alpha value is -1.66. The largest absolute Gasteiger partial charge is 0.373 e. The van der Waals surface area contributed by atoms with E-state index in [1.165, 1.54) is 12.3 Å². The predicted octanol–water partition coefficient (Wildman–Crippen LogP) is 0.993. The van der Waals surface area contributed by atoms with E-state index in [1.807, 2.05) is 0 Å². The number of pyridine rings is 1. The maximum Gasteiger partial charge on any atom is 0.260 e. The molecule has 6 heteroatoms. The number of aromatic nitrogens is 1. The summed E-state index contributed by atoms with van der Waals surface area (Å²) in [5.41, 5.74) is -0.433. The average Bonchev–Trinajstić information content (AvgIpc) is 2.44. The number of hydrogen-bond donors (Lipinski definition) is 2. The third kappa shape index (κ3) is 3.96. The topological polar surface area (TPSA) is 74.4 Å². The lowest BCUT2D eigenvalue weighted by molar-refractivity contribution is -0.0948. The second-order valence-corrected chi connectivity index (χ2v) is 6.57. The Morgan fingerprint density at radius 3 is 2.64 bits per heavy atom. The fraction of sp³-hybridized carbons (Fsp3) is 0.625. The molecule has 122 valence electrons. The quantitative estimate of drug-likeness (QED) is 0.870. The van der Waals surface area contributed by atoms with Crippen molar-refractivity contribution in [2.24, 2.45) is 0 Å². The number of amides is 1. The maximum atomic E-state index is 12.1. The third-order valence-corrected chi connectivity index (χ3v) is 4.02. The van der Waals surface area contributed by atoms with Gasteiger partial charge in [0, 0.05) is 31.4 Å². The van der Waals surface area contributed by atoms with Crippen LogP contribution in [0.3, 0.4) is 0 Å². The SMILES string of the molecule is C[C@@H]1CN(C(C)(C)CNC(=O)c2ccc[nH]c2=O)C[C@@H](C)O1. The lowest BCUT2D eigenvalue weighted by Gasteiger charge is -2.45. The number of carbonyl (C=O) groups is 1. The molecule has 1 aliphatic rings. The number of nitrogens with zero attached hydrogens (tertiary/aromatic N) is 1. The van der Waals surface area contributed by atoms with Crippen LogP contribution in [0.4, 0.5) is 0 Å². The molecular weight excluding hydrogens is 282 g/mol. The number of aromatic amines is 1. The normalized spacial score (nSPS) is 23.3. The molecule has 2 rings (SSSR count). The summed E-state index contributed by atoms with van der Waals surface area (Å²) in [7, 11) is 0. The number of rotatable bonds is 4. The summed E-state index contributed by atoms with van der Waals surface area (Å²) in [6.07, 6.45) is 1.87. The summed E-state index contributed by atoms with van der Waals surface area (Å²) in [6.45, 7) is 10.4. The van der Waals surface area contributed by atoms with Crippen molar-refractivity contribution >= 4 is 5.91 Å². The molecule has 0 bridgehead atoms. The Labute approximate surface area is 130 Å². The lowest BCUT2D eigenvalue weighted by Crippen LogP contribution is -2.58. The molecule has 1 saturated heterocycles. The van der Waals surface area contributed by atoms with Gasteiger partial charge in [-0.3, -0.25) is 14.5 Å². The van der Waals surface area contributed by atoms with Crippen LogP contribution in [0.2, 0.25) is 0 Å². The van der Waals surface area contributed by atoms with E-state index in [-0.39, 0.29) is 34.8 Å². The van der Waals surface area contributed by atoms with E-state index in [0.717, 1.165) is 13.1 Å². The monoisotopic (exact) mass is 307 g/mol. The zero-order chi connectivity index (χ0) is 16.3. The van der Waals surface area contributed by atoms with E-state index in [1.54, 1.807) is 6.07 Å². The van der Waals surface area contributed by atoms with Gasteiger partial charge in [0.25, 0.3) is 11.5 Å². The highest BCUT2D eigenvalue weighted by Gasteiger charge is 2.33. The number of hydrogen-bond acceptors (Lipinski definition) is 4. The van der Waals surface area contributed by atoms with Crippen LogP contribution < -0.4 is 10.9 Å². The van der Waals surface area contributed by atoms with Gasteiger partial charge < -0.3 is 15.0 Å². The summed E-state index contributed by atoms with van der Waals surface area (Å²) in [5.74, 6) is -0.343. The molecule has 0 spiro atoms. The van der Waals surface area contributed by atoms with Crippen molar-refractivity contribution in [3.63, 3.8) is 0 Å². The summed E-state index contributed by atoms with van der Waals surface area (Å²) in [5, 5.41) is 2.87. The Kier molecular flexibility index (Phi) is 5.03. The molecule has 6 nitrogen and oxygen atoms in total. The van der Waals surface area contributed by atoms with Crippen LogP contribution >= 0.6 is 0 Å². The molecule has 2 atom stereocenters. The molecule has 1 aliphatic heterocycles. The van der Waals surface area contributed by atoms with Crippen molar-refractivity contribution in [2.45, 2.75) is 45.4 Å². The van der Waals surface area contributed by atoms with E-state index >= 15 is 0 Å². The van der Waals surface area contributed by atoms with Crippen molar-refractivity contribution in [3.8, 4) is 0 Å². The first-order valence-corrected chi connectivity index (χ1v) is 7.66. The fourth-order valence-corrected chi connectivity index (χ4v) is 2.78. The number of H-pyrrole nitrogens is 1. The molecule has 1 fully saturated rings. The van der Waals surface area contributed by atoms with Crippen molar-refractivity contribution in [3.05, 3.63) is 34.2 Å². The minimum Gasteiger partial charge on any atom is -0.373 e. The molecular formula is C16H25N3O3. The number of nitrogens with one attached hydrogen (secondary N) is 2. The molecule has 0 unspecified atom stereocenters. The minimum atomic E-state index is -0.369. The van der Waals surface area contributed by atoms with Crippen LogP contribution in [-0.4, -0.2) is 53.2 Å². The fourth-order valence-electron chi connectivity index (χ4n) is 2.78. The number of carbonyl (C=O) groups excluding carboxylic acids is 1. The molecule has 1 aromatic rings. The molecule has 0 saturated carbocycles. The average molecular weight is 307 g/mol. The Bertz CT molecular complexity index is 572. The number of ether oxygens (including phenoxy) is 1. The van der Waals surface area contributed by atoms with Gasteiger partial charge in [0.05, 0.1) is 12.2 Å². The Balaban J connectivity index is 1.99. The molecule has 2 N–H and O–H groups in total. The first kappa shape index (κ1) is 16.7.